The van der Waals surface area contributed by atoms with Crippen LogP contribution in [0.4, 0.5) is 0 Å². The summed E-state index contributed by atoms with van der Waals surface area (Å²) < 4.78 is 7.45. The minimum absolute atomic E-state index is 0.0459. The van der Waals surface area contributed by atoms with Crippen molar-refractivity contribution >= 4 is 5.91 Å². The predicted octanol–water partition coefficient (Wildman–Crippen LogP) is 1.27. The Bertz CT molecular complexity index is 453. The van der Waals surface area contributed by atoms with E-state index >= 15 is 0 Å². The molecule has 2 atom stereocenters. The third-order valence-corrected chi connectivity index (χ3v) is 3.90. The van der Waals surface area contributed by atoms with Gasteiger partial charge in [0.15, 0.2) is 0 Å². The summed E-state index contributed by atoms with van der Waals surface area (Å²) in [6, 6.07) is 0.267. The van der Waals surface area contributed by atoms with Crippen LogP contribution in [0.15, 0.2) is 12.4 Å². The Morgan fingerprint density at radius 2 is 2.37 bits per heavy atom. The largest absolute Gasteiger partial charge is 0.378 e. The first-order valence-corrected chi connectivity index (χ1v) is 7.11. The van der Waals surface area contributed by atoms with Crippen LogP contribution in [-0.4, -0.2) is 34.4 Å². The second kappa shape index (κ2) is 5.33. The van der Waals surface area contributed by atoms with E-state index in [1.807, 2.05) is 13.1 Å². The minimum Gasteiger partial charge on any atom is -0.378 e. The molecule has 0 aromatic carbocycles. The normalized spacial score (nSPS) is 27.2. The lowest BCUT2D eigenvalue weighted by Gasteiger charge is -2.30. The fourth-order valence-electron chi connectivity index (χ4n) is 2.73. The third-order valence-electron chi connectivity index (χ3n) is 3.90. The lowest BCUT2D eigenvalue weighted by atomic mass is 10.00. The van der Waals surface area contributed by atoms with Gasteiger partial charge < -0.3 is 10.1 Å². The lowest BCUT2D eigenvalue weighted by Crippen LogP contribution is -2.43. The Morgan fingerprint density at radius 3 is 3.05 bits per heavy atom. The maximum absolute atomic E-state index is 12.0. The van der Waals surface area contributed by atoms with E-state index in [1.165, 1.54) is 12.8 Å². The van der Waals surface area contributed by atoms with Crippen LogP contribution in [0.1, 0.15) is 31.2 Å². The second-order valence-corrected chi connectivity index (χ2v) is 5.75. The van der Waals surface area contributed by atoms with Crippen molar-refractivity contribution in [2.24, 2.45) is 5.92 Å². The summed E-state index contributed by atoms with van der Waals surface area (Å²) in [5.41, 5.74) is 1.08. The zero-order chi connectivity index (χ0) is 13.2. The van der Waals surface area contributed by atoms with Gasteiger partial charge in [-0.1, -0.05) is 0 Å². The van der Waals surface area contributed by atoms with Gasteiger partial charge in [-0.3, -0.25) is 9.48 Å². The Kier molecular flexibility index (Phi) is 3.55. The molecule has 1 saturated carbocycles. The van der Waals surface area contributed by atoms with E-state index in [-0.39, 0.29) is 11.9 Å². The van der Waals surface area contributed by atoms with Crippen molar-refractivity contribution in [1.29, 1.82) is 0 Å². The fourth-order valence-corrected chi connectivity index (χ4v) is 2.73. The molecule has 2 fully saturated rings. The summed E-state index contributed by atoms with van der Waals surface area (Å²) >= 11 is 0. The Morgan fingerprint density at radius 1 is 1.53 bits per heavy atom. The summed E-state index contributed by atoms with van der Waals surface area (Å²) in [6.07, 6.45) is 8.49. The topological polar surface area (TPSA) is 56.2 Å². The van der Waals surface area contributed by atoms with Gasteiger partial charge in [0.05, 0.1) is 12.3 Å². The highest BCUT2D eigenvalue weighted by Crippen LogP contribution is 2.38. The molecule has 2 unspecified atom stereocenters. The number of amides is 1. The van der Waals surface area contributed by atoms with Crippen LogP contribution in [0.25, 0.3) is 0 Å². The Hall–Kier alpha value is -1.36. The van der Waals surface area contributed by atoms with Crippen molar-refractivity contribution in [2.45, 2.75) is 51.3 Å². The molecular weight excluding hydrogens is 242 g/mol. The molecule has 3 rings (SSSR count). The number of nitrogens with zero attached hydrogens (tertiary/aromatic N) is 2. The number of hydrogen-bond acceptors (Lipinski definition) is 3. The first-order chi connectivity index (χ1) is 9.20. The molecule has 1 saturated heterocycles. The number of aromatic nitrogens is 2. The van der Waals surface area contributed by atoms with E-state index in [9.17, 15) is 4.79 Å². The van der Waals surface area contributed by atoms with Crippen LogP contribution in [0.2, 0.25) is 0 Å². The van der Waals surface area contributed by atoms with Gasteiger partial charge in [0.2, 0.25) is 5.91 Å². The van der Waals surface area contributed by atoms with Gasteiger partial charge in [0.25, 0.3) is 0 Å². The summed E-state index contributed by atoms with van der Waals surface area (Å²) in [7, 11) is 0. The van der Waals surface area contributed by atoms with E-state index in [0.29, 0.717) is 12.6 Å². The van der Waals surface area contributed by atoms with Crippen LogP contribution in [0.3, 0.4) is 0 Å². The summed E-state index contributed by atoms with van der Waals surface area (Å²) in [5, 5.41) is 7.24. The molecule has 0 radical (unpaired) electrons. The molecule has 1 aromatic heterocycles. The van der Waals surface area contributed by atoms with E-state index < -0.39 is 0 Å². The first kappa shape index (κ1) is 12.7. The molecule has 5 heteroatoms. The van der Waals surface area contributed by atoms with Crippen molar-refractivity contribution in [3.63, 3.8) is 0 Å². The molecule has 1 amide bonds. The van der Waals surface area contributed by atoms with Gasteiger partial charge in [0.1, 0.15) is 6.54 Å². The highest BCUT2D eigenvalue weighted by molar-refractivity contribution is 5.75. The maximum Gasteiger partial charge on any atom is 0.241 e. The van der Waals surface area contributed by atoms with E-state index in [0.717, 1.165) is 30.9 Å². The predicted molar refractivity (Wildman–Crippen MR) is 70.6 cm³/mol. The number of carbonyl (C=O) groups excluding carboxylic acids is 1. The van der Waals surface area contributed by atoms with Crippen molar-refractivity contribution in [1.82, 2.24) is 15.1 Å². The molecule has 0 spiro atoms. The number of hydrogen-bond donors (Lipinski definition) is 1. The lowest BCUT2D eigenvalue weighted by molar-refractivity contribution is -0.123. The van der Waals surface area contributed by atoms with Gasteiger partial charge in [-0.05, 0) is 44.1 Å². The zero-order valence-corrected chi connectivity index (χ0v) is 11.3. The monoisotopic (exact) mass is 263 g/mol. The van der Waals surface area contributed by atoms with Crippen LogP contribution < -0.4 is 5.32 Å². The quantitative estimate of drug-likeness (QED) is 0.890. The number of nitrogens with one attached hydrogen (secondary N) is 1. The molecule has 2 heterocycles. The van der Waals surface area contributed by atoms with Crippen molar-refractivity contribution < 1.29 is 9.53 Å². The van der Waals surface area contributed by atoms with E-state index in [4.69, 9.17) is 4.74 Å². The molecule has 1 aliphatic heterocycles. The molecule has 5 nitrogen and oxygen atoms in total. The average Bonchev–Trinajstić information content (AvgIpc) is 3.14. The fraction of sp³-hybridized carbons (Fsp3) is 0.714. The number of carbonyl (C=O) groups is 1. The van der Waals surface area contributed by atoms with Gasteiger partial charge in [-0.15, -0.1) is 0 Å². The molecule has 2 aliphatic rings. The average molecular weight is 263 g/mol. The van der Waals surface area contributed by atoms with Crippen molar-refractivity contribution in [2.75, 3.05) is 6.61 Å². The molecule has 0 bridgehead atoms. The van der Waals surface area contributed by atoms with Crippen LogP contribution in [0, 0.1) is 12.8 Å². The first-order valence-electron chi connectivity index (χ1n) is 7.11. The smallest absolute Gasteiger partial charge is 0.241 e. The molecule has 19 heavy (non-hydrogen) atoms. The van der Waals surface area contributed by atoms with Crippen LogP contribution >= 0.6 is 0 Å². The minimum atomic E-state index is 0.0459. The van der Waals surface area contributed by atoms with E-state index in [1.54, 1.807) is 10.9 Å². The zero-order valence-electron chi connectivity index (χ0n) is 11.3. The number of rotatable bonds is 4. The molecule has 1 N–H and O–H groups in total. The maximum atomic E-state index is 12.0. The molecule has 1 aliphatic carbocycles. The van der Waals surface area contributed by atoms with Crippen LogP contribution in [-0.2, 0) is 16.1 Å². The molecule has 1 aromatic rings. The summed E-state index contributed by atoms with van der Waals surface area (Å²) in [5.74, 6) is 0.790. The summed E-state index contributed by atoms with van der Waals surface area (Å²) in [4.78, 5) is 12.0. The van der Waals surface area contributed by atoms with E-state index in [2.05, 4.69) is 10.4 Å². The van der Waals surface area contributed by atoms with Crippen LogP contribution in [0.5, 0.6) is 0 Å². The molecular formula is C14H21N3O2. The highest BCUT2D eigenvalue weighted by Gasteiger charge is 2.36. The van der Waals surface area contributed by atoms with Crippen molar-refractivity contribution in [3.05, 3.63) is 18.0 Å². The standard InChI is InChI=1S/C14H21N3O2/c1-10-7-15-17(8-10)9-14(18)16-12-4-5-19-13(6-12)11-2-3-11/h7-8,11-13H,2-6,9H2,1H3,(H,16,18). The summed E-state index contributed by atoms with van der Waals surface area (Å²) in [6.45, 7) is 3.05. The van der Waals surface area contributed by atoms with Gasteiger partial charge >= 0.3 is 0 Å². The van der Waals surface area contributed by atoms with Gasteiger partial charge in [0, 0.05) is 18.8 Å². The third kappa shape index (κ3) is 3.35. The second-order valence-electron chi connectivity index (χ2n) is 5.75. The Balaban J connectivity index is 1.48. The van der Waals surface area contributed by atoms with Crippen molar-refractivity contribution in [3.8, 4) is 0 Å². The van der Waals surface area contributed by atoms with Gasteiger partial charge in [-0.2, -0.15) is 5.10 Å². The molecule has 104 valence electrons. The Labute approximate surface area is 113 Å². The van der Waals surface area contributed by atoms with Gasteiger partial charge in [-0.25, -0.2) is 0 Å². The number of aryl methyl sites for hydroxylation is 1. The number of ether oxygens (including phenoxy) is 1. The highest BCUT2D eigenvalue weighted by atomic mass is 16.5. The SMILES string of the molecule is Cc1cnn(CC(=O)NC2CCOC(C3CC3)C2)c1.